The molecule has 0 radical (unpaired) electrons. The molecule has 0 aromatic heterocycles. The standard InChI is InChI=1S/C15H27N5O2.HI/c1-4-5-6-7-8-10-19(3)14(16-2)17-9-11-20-13(21)12-18-15(20)22;/h4H,1,5-12H2,2-3H3,(H,16,17)(H,18,22);1H. The number of nitrogens with one attached hydrogen (secondary N) is 2. The third kappa shape index (κ3) is 7.67. The predicted molar refractivity (Wildman–Crippen MR) is 103 cm³/mol. The molecule has 3 amide bonds. The van der Waals surface area contributed by atoms with E-state index in [-0.39, 0.29) is 42.5 Å². The summed E-state index contributed by atoms with van der Waals surface area (Å²) in [6.45, 7) is 5.56. The summed E-state index contributed by atoms with van der Waals surface area (Å²) < 4.78 is 0. The molecule has 0 spiro atoms. The van der Waals surface area contributed by atoms with Gasteiger partial charge >= 0.3 is 6.03 Å². The van der Waals surface area contributed by atoms with Crippen molar-refractivity contribution in [1.82, 2.24) is 20.4 Å². The molecule has 1 fully saturated rings. The number of guanidine groups is 1. The molecule has 0 aromatic carbocycles. The zero-order chi connectivity index (χ0) is 16.4. The maximum atomic E-state index is 11.5. The molecule has 0 saturated carbocycles. The van der Waals surface area contributed by atoms with Crippen LogP contribution in [0.2, 0.25) is 0 Å². The van der Waals surface area contributed by atoms with E-state index in [0.29, 0.717) is 13.1 Å². The van der Waals surface area contributed by atoms with Gasteiger partial charge in [0.1, 0.15) is 0 Å². The third-order valence-electron chi connectivity index (χ3n) is 3.53. The smallest absolute Gasteiger partial charge is 0.324 e. The highest BCUT2D eigenvalue weighted by Gasteiger charge is 2.27. The second kappa shape index (κ2) is 12.1. The molecule has 1 rings (SSSR count). The number of carbonyl (C=O) groups excluding carboxylic acids is 2. The fourth-order valence-electron chi connectivity index (χ4n) is 2.27. The first-order valence-corrected chi connectivity index (χ1v) is 7.71. The van der Waals surface area contributed by atoms with E-state index in [4.69, 9.17) is 0 Å². The number of carbonyl (C=O) groups is 2. The Morgan fingerprint density at radius 3 is 2.74 bits per heavy atom. The number of rotatable bonds is 9. The fraction of sp³-hybridized carbons (Fsp3) is 0.667. The number of imide groups is 1. The number of allylic oxidation sites excluding steroid dienone is 1. The lowest BCUT2D eigenvalue weighted by Crippen LogP contribution is -2.44. The molecule has 8 heteroatoms. The first-order valence-electron chi connectivity index (χ1n) is 7.71. The Hall–Kier alpha value is -1.32. The van der Waals surface area contributed by atoms with E-state index in [1.807, 2.05) is 13.1 Å². The number of aliphatic imine (C=N–C) groups is 1. The van der Waals surface area contributed by atoms with Crippen LogP contribution >= 0.6 is 24.0 Å². The second-order valence-electron chi connectivity index (χ2n) is 5.24. The molecule has 23 heavy (non-hydrogen) atoms. The van der Waals surface area contributed by atoms with Crippen LogP contribution in [0.1, 0.15) is 25.7 Å². The van der Waals surface area contributed by atoms with Gasteiger partial charge in [-0.05, 0) is 19.3 Å². The van der Waals surface area contributed by atoms with E-state index in [1.165, 1.54) is 4.90 Å². The van der Waals surface area contributed by atoms with Gasteiger partial charge in [-0.2, -0.15) is 0 Å². The van der Waals surface area contributed by atoms with E-state index >= 15 is 0 Å². The zero-order valence-electron chi connectivity index (χ0n) is 14.0. The summed E-state index contributed by atoms with van der Waals surface area (Å²) in [4.78, 5) is 30.4. The molecule has 7 nitrogen and oxygen atoms in total. The third-order valence-corrected chi connectivity index (χ3v) is 3.53. The van der Waals surface area contributed by atoms with Crippen LogP contribution in [0.25, 0.3) is 0 Å². The van der Waals surface area contributed by atoms with Gasteiger partial charge in [0.15, 0.2) is 5.96 Å². The summed E-state index contributed by atoms with van der Waals surface area (Å²) in [6.07, 6.45) is 6.42. The van der Waals surface area contributed by atoms with Crippen molar-refractivity contribution in [3.63, 3.8) is 0 Å². The lowest BCUT2D eigenvalue weighted by molar-refractivity contribution is -0.124. The number of unbranched alkanes of at least 4 members (excludes halogenated alkanes) is 3. The van der Waals surface area contributed by atoms with Crippen LogP contribution in [0.4, 0.5) is 4.79 Å². The minimum atomic E-state index is -0.322. The molecule has 0 aromatic rings. The minimum absolute atomic E-state index is 0. The summed E-state index contributed by atoms with van der Waals surface area (Å²) >= 11 is 0. The van der Waals surface area contributed by atoms with Gasteiger partial charge in [-0.15, -0.1) is 30.6 Å². The van der Waals surface area contributed by atoms with Gasteiger partial charge in [0.05, 0.1) is 6.54 Å². The molecular formula is C15H28IN5O2. The van der Waals surface area contributed by atoms with E-state index in [2.05, 4.69) is 27.1 Å². The lowest BCUT2D eigenvalue weighted by Gasteiger charge is -2.23. The quantitative estimate of drug-likeness (QED) is 0.143. The zero-order valence-corrected chi connectivity index (χ0v) is 16.3. The number of halogens is 1. The Morgan fingerprint density at radius 1 is 1.43 bits per heavy atom. The Balaban J connectivity index is 0.00000484. The number of nitrogens with zero attached hydrogens (tertiary/aromatic N) is 3. The van der Waals surface area contributed by atoms with Gasteiger partial charge < -0.3 is 15.5 Å². The van der Waals surface area contributed by atoms with Crippen LogP contribution < -0.4 is 10.6 Å². The molecular weight excluding hydrogens is 409 g/mol. The van der Waals surface area contributed by atoms with Crippen LogP contribution in [0.5, 0.6) is 0 Å². The molecule has 0 aliphatic carbocycles. The Kier molecular flexibility index (Phi) is 11.4. The number of urea groups is 1. The van der Waals surface area contributed by atoms with Crippen molar-refractivity contribution in [2.24, 2.45) is 4.99 Å². The molecule has 1 aliphatic rings. The van der Waals surface area contributed by atoms with E-state index in [9.17, 15) is 9.59 Å². The molecule has 0 unspecified atom stereocenters. The van der Waals surface area contributed by atoms with E-state index in [1.54, 1.807) is 7.05 Å². The number of amides is 3. The molecule has 1 heterocycles. The van der Waals surface area contributed by atoms with Gasteiger partial charge in [-0.1, -0.05) is 12.5 Å². The van der Waals surface area contributed by atoms with Crippen molar-refractivity contribution in [2.45, 2.75) is 25.7 Å². The van der Waals surface area contributed by atoms with Crippen LogP contribution in [0, 0.1) is 0 Å². The summed E-state index contributed by atoms with van der Waals surface area (Å²) in [6, 6.07) is -0.322. The van der Waals surface area contributed by atoms with E-state index in [0.717, 1.165) is 38.2 Å². The molecule has 1 aliphatic heterocycles. The highest BCUT2D eigenvalue weighted by molar-refractivity contribution is 14.0. The average molecular weight is 437 g/mol. The van der Waals surface area contributed by atoms with Crippen molar-refractivity contribution < 1.29 is 9.59 Å². The van der Waals surface area contributed by atoms with Crippen molar-refractivity contribution in [1.29, 1.82) is 0 Å². The number of hydrogen-bond donors (Lipinski definition) is 2. The monoisotopic (exact) mass is 437 g/mol. The van der Waals surface area contributed by atoms with Crippen LogP contribution in [-0.4, -0.2) is 68.0 Å². The SMILES string of the molecule is C=CCCCCCN(C)C(=NC)NCCN1C(=O)CNC1=O.I. The first-order chi connectivity index (χ1) is 10.6. The van der Waals surface area contributed by atoms with Gasteiger partial charge in [0.2, 0.25) is 5.91 Å². The van der Waals surface area contributed by atoms with Crippen LogP contribution in [0.15, 0.2) is 17.6 Å². The lowest BCUT2D eigenvalue weighted by atomic mass is 10.2. The van der Waals surface area contributed by atoms with Gasteiger partial charge in [0.25, 0.3) is 0 Å². The fourth-order valence-corrected chi connectivity index (χ4v) is 2.27. The summed E-state index contributed by atoms with van der Waals surface area (Å²) in [5.41, 5.74) is 0. The van der Waals surface area contributed by atoms with Crippen LogP contribution in [-0.2, 0) is 4.79 Å². The van der Waals surface area contributed by atoms with Crippen molar-refractivity contribution in [3.05, 3.63) is 12.7 Å². The molecule has 0 atom stereocenters. The Morgan fingerprint density at radius 2 is 2.17 bits per heavy atom. The van der Waals surface area contributed by atoms with Crippen molar-refractivity contribution in [2.75, 3.05) is 40.3 Å². The summed E-state index contributed by atoms with van der Waals surface area (Å²) in [5, 5.41) is 5.68. The maximum Gasteiger partial charge on any atom is 0.324 e. The Labute approximate surface area is 155 Å². The van der Waals surface area contributed by atoms with E-state index < -0.39 is 0 Å². The highest BCUT2D eigenvalue weighted by Crippen LogP contribution is 2.02. The number of hydrogen-bond acceptors (Lipinski definition) is 3. The molecule has 2 N–H and O–H groups in total. The highest BCUT2D eigenvalue weighted by atomic mass is 127. The van der Waals surface area contributed by atoms with Crippen molar-refractivity contribution in [3.8, 4) is 0 Å². The van der Waals surface area contributed by atoms with Crippen LogP contribution in [0.3, 0.4) is 0 Å². The van der Waals surface area contributed by atoms with Gasteiger partial charge in [-0.25, -0.2) is 4.79 Å². The largest absolute Gasteiger partial charge is 0.354 e. The molecule has 1 saturated heterocycles. The molecule has 132 valence electrons. The normalized spacial score (nSPS) is 14.3. The van der Waals surface area contributed by atoms with Gasteiger partial charge in [-0.3, -0.25) is 14.7 Å². The molecule has 0 bridgehead atoms. The van der Waals surface area contributed by atoms with Crippen molar-refractivity contribution >= 4 is 41.9 Å². The van der Waals surface area contributed by atoms with Gasteiger partial charge in [0, 0.05) is 33.7 Å². The first kappa shape index (κ1) is 21.7. The summed E-state index contributed by atoms with van der Waals surface area (Å²) in [5.74, 6) is 0.591. The average Bonchev–Trinajstić information content (AvgIpc) is 2.82. The summed E-state index contributed by atoms with van der Waals surface area (Å²) in [7, 11) is 3.71. The second-order valence-corrected chi connectivity index (χ2v) is 5.24. The predicted octanol–water partition coefficient (Wildman–Crippen LogP) is 1.41. The minimum Gasteiger partial charge on any atom is -0.354 e. The Bertz CT molecular complexity index is 412. The maximum absolute atomic E-state index is 11.5. The topological polar surface area (TPSA) is 77.0 Å².